The number of nitrogens with zero attached hydrogens (tertiary/aromatic N) is 2. The van der Waals surface area contributed by atoms with Gasteiger partial charge in [-0.1, -0.05) is 12.1 Å². The van der Waals surface area contributed by atoms with Crippen LogP contribution >= 0.6 is 0 Å². The highest BCUT2D eigenvalue weighted by atomic mass is 14.7. The van der Waals surface area contributed by atoms with E-state index in [-0.39, 0.29) is 0 Å². The largest absolute Gasteiger partial charge is 0.261 e. The Balaban J connectivity index is 2.94. The summed E-state index contributed by atoms with van der Waals surface area (Å²) >= 11 is 0. The molecule has 13 heavy (non-hydrogen) atoms. The van der Waals surface area contributed by atoms with Gasteiger partial charge in [-0.25, -0.2) is 0 Å². The van der Waals surface area contributed by atoms with E-state index in [1.807, 2.05) is 31.2 Å². The summed E-state index contributed by atoms with van der Waals surface area (Å²) in [6, 6.07) is 9.74. The van der Waals surface area contributed by atoms with Crippen LogP contribution in [0, 0.1) is 18.3 Å². The molecule has 2 nitrogen and oxygen atoms in total. The fourth-order valence-electron chi connectivity index (χ4n) is 1.45. The van der Waals surface area contributed by atoms with Gasteiger partial charge in [-0.2, -0.15) is 5.26 Å². The van der Waals surface area contributed by atoms with Crippen molar-refractivity contribution in [1.82, 2.24) is 4.98 Å². The average Bonchev–Trinajstić information content (AvgIpc) is 2.18. The maximum absolute atomic E-state index is 8.86. The Kier molecular flexibility index (Phi) is 1.71. The van der Waals surface area contributed by atoms with Gasteiger partial charge < -0.3 is 0 Å². The normalized spacial score (nSPS) is 9.85. The molecule has 2 rings (SSSR count). The molecule has 0 amide bonds. The van der Waals surface area contributed by atoms with Crippen LogP contribution in [0.25, 0.3) is 10.8 Å². The lowest BCUT2D eigenvalue weighted by molar-refractivity contribution is 1.23. The summed E-state index contributed by atoms with van der Waals surface area (Å²) in [5.41, 5.74) is 1.68. The summed E-state index contributed by atoms with van der Waals surface area (Å²) in [4.78, 5) is 4.17. The molecule has 0 saturated carbocycles. The van der Waals surface area contributed by atoms with Crippen molar-refractivity contribution in [3.8, 4) is 6.07 Å². The SMILES string of the molecule is Cc1nccc2c(C#N)cccc12. The maximum atomic E-state index is 8.86. The lowest BCUT2D eigenvalue weighted by Crippen LogP contribution is -1.85. The zero-order chi connectivity index (χ0) is 9.26. The summed E-state index contributed by atoms with van der Waals surface area (Å²) in [7, 11) is 0. The second kappa shape index (κ2) is 2.87. The van der Waals surface area contributed by atoms with Crippen molar-refractivity contribution >= 4 is 10.8 Å². The van der Waals surface area contributed by atoms with Gasteiger partial charge in [-0.15, -0.1) is 0 Å². The minimum atomic E-state index is 0.711. The highest BCUT2D eigenvalue weighted by Crippen LogP contribution is 2.19. The van der Waals surface area contributed by atoms with Crippen molar-refractivity contribution in [1.29, 1.82) is 5.26 Å². The number of benzene rings is 1. The van der Waals surface area contributed by atoms with E-state index in [1.165, 1.54) is 0 Å². The van der Waals surface area contributed by atoms with Crippen LogP contribution < -0.4 is 0 Å². The van der Waals surface area contributed by atoms with Crippen molar-refractivity contribution in [2.24, 2.45) is 0 Å². The van der Waals surface area contributed by atoms with Gasteiger partial charge >= 0.3 is 0 Å². The molecule has 0 aliphatic carbocycles. The molecular weight excluding hydrogens is 160 g/mol. The smallest absolute Gasteiger partial charge is 0.0998 e. The first-order valence-electron chi connectivity index (χ1n) is 4.07. The second-order valence-electron chi connectivity index (χ2n) is 2.91. The molecule has 0 fully saturated rings. The lowest BCUT2D eigenvalue weighted by atomic mass is 10.1. The third-order valence-electron chi connectivity index (χ3n) is 2.13. The first kappa shape index (κ1) is 7.75. The zero-order valence-electron chi connectivity index (χ0n) is 7.28. The molecule has 1 heterocycles. The van der Waals surface area contributed by atoms with Gasteiger partial charge in [0.25, 0.3) is 0 Å². The molecule has 0 bridgehead atoms. The van der Waals surface area contributed by atoms with E-state index in [2.05, 4.69) is 11.1 Å². The van der Waals surface area contributed by atoms with Gasteiger partial charge in [0, 0.05) is 22.7 Å². The molecule has 0 aliphatic heterocycles. The fourth-order valence-corrected chi connectivity index (χ4v) is 1.45. The molecular formula is C11H8N2. The van der Waals surface area contributed by atoms with Crippen molar-refractivity contribution in [2.45, 2.75) is 6.92 Å². The minimum absolute atomic E-state index is 0.711. The van der Waals surface area contributed by atoms with Crippen LogP contribution in [-0.4, -0.2) is 4.98 Å². The van der Waals surface area contributed by atoms with Crippen LogP contribution in [0.3, 0.4) is 0 Å². The fraction of sp³-hybridized carbons (Fsp3) is 0.0909. The van der Waals surface area contributed by atoms with E-state index >= 15 is 0 Å². The van der Waals surface area contributed by atoms with E-state index < -0.39 is 0 Å². The lowest BCUT2D eigenvalue weighted by Gasteiger charge is -2.01. The molecule has 0 saturated heterocycles. The number of hydrogen-bond acceptors (Lipinski definition) is 2. The predicted octanol–water partition coefficient (Wildman–Crippen LogP) is 2.41. The second-order valence-corrected chi connectivity index (χ2v) is 2.91. The summed E-state index contributed by atoms with van der Waals surface area (Å²) in [5.74, 6) is 0. The van der Waals surface area contributed by atoms with Crippen molar-refractivity contribution in [3.63, 3.8) is 0 Å². The maximum Gasteiger partial charge on any atom is 0.0998 e. The molecule has 2 heteroatoms. The Morgan fingerprint density at radius 3 is 2.85 bits per heavy atom. The van der Waals surface area contributed by atoms with Gasteiger partial charge in [0.1, 0.15) is 0 Å². The van der Waals surface area contributed by atoms with Crippen LogP contribution in [-0.2, 0) is 0 Å². The van der Waals surface area contributed by atoms with E-state index in [9.17, 15) is 0 Å². The molecule has 2 aromatic rings. The Bertz CT molecular complexity index is 495. The molecule has 0 N–H and O–H groups in total. The molecule has 0 atom stereocenters. The number of rotatable bonds is 0. The minimum Gasteiger partial charge on any atom is -0.261 e. The summed E-state index contributed by atoms with van der Waals surface area (Å²) in [5, 5.41) is 10.9. The van der Waals surface area contributed by atoms with E-state index in [0.717, 1.165) is 16.5 Å². The number of aryl methyl sites for hydroxylation is 1. The Labute approximate surface area is 76.5 Å². The van der Waals surface area contributed by atoms with Crippen LogP contribution in [0.2, 0.25) is 0 Å². The van der Waals surface area contributed by atoms with Crippen molar-refractivity contribution in [3.05, 3.63) is 41.7 Å². The third-order valence-corrected chi connectivity index (χ3v) is 2.13. The van der Waals surface area contributed by atoms with E-state index in [1.54, 1.807) is 6.20 Å². The Morgan fingerprint density at radius 1 is 1.23 bits per heavy atom. The molecule has 62 valence electrons. The van der Waals surface area contributed by atoms with Gasteiger partial charge in [0.05, 0.1) is 11.6 Å². The molecule has 0 unspecified atom stereocenters. The molecule has 0 spiro atoms. The number of aromatic nitrogens is 1. The van der Waals surface area contributed by atoms with Gasteiger partial charge in [-0.3, -0.25) is 4.98 Å². The van der Waals surface area contributed by atoms with Crippen molar-refractivity contribution < 1.29 is 0 Å². The molecule has 1 aromatic heterocycles. The monoisotopic (exact) mass is 168 g/mol. The van der Waals surface area contributed by atoms with Gasteiger partial charge in [-0.05, 0) is 19.1 Å². The summed E-state index contributed by atoms with van der Waals surface area (Å²) in [6.45, 7) is 1.95. The standard InChI is InChI=1S/C11H8N2/c1-8-10-4-2-3-9(7-12)11(10)5-6-13-8/h2-6H,1H3. The highest BCUT2D eigenvalue weighted by molar-refractivity contribution is 5.89. The van der Waals surface area contributed by atoms with E-state index in [4.69, 9.17) is 5.26 Å². The van der Waals surface area contributed by atoms with Gasteiger partial charge in [0.2, 0.25) is 0 Å². The number of nitriles is 1. The predicted molar refractivity (Wildman–Crippen MR) is 51.2 cm³/mol. The first-order chi connectivity index (χ1) is 6.33. The third kappa shape index (κ3) is 1.15. The average molecular weight is 168 g/mol. The number of pyridine rings is 1. The summed E-state index contributed by atoms with van der Waals surface area (Å²) < 4.78 is 0. The zero-order valence-corrected chi connectivity index (χ0v) is 7.28. The quantitative estimate of drug-likeness (QED) is 0.605. The summed E-state index contributed by atoms with van der Waals surface area (Å²) in [6.07, 6.45) is 1.73. The molecule has 0 radical (unpaired) electrons. The molecule has 0 aliphatic rings. The topological polar surface area (TPSA) is 36.7 Å². The Morgan fingerprint density at radius 2 is 2.08 bits per heavy atom. The Hall–Kier alpha value is -1.88. The number of hydrogen-bond donors (Lipinski definition) is 0. The van der Waals surface area contributed by atoms with Crippen LogP contribution in [0.4, 0.5) is 0 Å². The van der Waals surface area contributed by atoms with Gasteiger partial charge in [0.15, 0.2) is 0 Å². The molecule has 1 aromatic carbocycles. The van der Waals surface area contributed by atoms with E-state index in [0.29, 0.717) is 5.56 Å². The number of fused-ring (bicyclic) bond motifs is 1. The van der Waals surface area contributed by atoms with Crippen LogP contribution in [0.1, 0.15) is 11.3 Å². The first-order valence-corrected chi connectivity index (χ1v) is 4.07. The van der Waals surface area contributed by atoms with Crippen LogP contribution in [0.5, 0.6) is 0 Å². The van der Waals surface area contributed by atoms with Crippen LogP contribution in [0.15, 0.2) is 30.5 Å². The highest BCUT2D eigenvalue weighted by Gasteiger charge is 2.01. The van der Waals surface area contributed by atoms with Crippen molar-refractivity contribution in [2.75, 3.05) is 0 Å².